The number of nitrogens with one attached hydrogen (secondary N) is 1. The van der Waals surface area contributed by atoms with Gasteiger partial charge in [0, 0.05) is 15.6 Å². The minimum absolute atomic E-state index is 0.938. The molecular weight excluding hydrogens is 272 g/mol. The van der Waals surface area contributed by atoms with E-state index in [1.165, 1.54) is 9.79 Å². The van der Waals surface area contributed by atoms with Crippen LogP contribution in [0.25, 0.3) is 0 Å². The number of halogens is 1. The second-order valence-corrected chi connectivity index (χ2v) is 5.22. The van der Waals surface area contributed by atoms with Crippen LogP contribution in [0.4, 0.5) is 11.5 Å². The van der Waals surface area contributed by atoms with Gasteiger partial charge in [-0.15, -0.1) is 0 Å². The number of nitrogens with zero attached hydrogens (tertiary/aromatic N) is 1. The van der Waals surface area contributed by atoms with Gasteiger partial charge in [0.2, 0.25) is 0 Å². The number of rotatable bonds is 0. The van der Waals surface area contributed by atoms with Crippen LogP contribution in [-0.2, 0) is 0 Å². The van der Waals surface area contributed by atoms with Crippen LogP contribution in [0.5, 0.6) is 0 Å². The number of hydrogen-bond donors (Lipinski definition) is 1. The lowest BCUT2D eigenvalue weighted by atomic mass is 10.3. The summed E-state index contributed by atoms with van der Waals surface area (Å²) in [5, 5.41) is 3.32. The summed E-state index contributed by atoms with van der Waals surface area (Å²) in [6, 6.07) is 10.3. The Morgan fingerprint density at radius 3 is 3.07 bits per heavy atom. The molecule has 0 aliphatic carbocycles. The van der Waals surface area contributed by atoms with Crippen LogP contribution >= 0.6 is 27.7 Å². The largest absolute Gasteiger partial charge is 0.338 e. The van der Waals surface area contributed by atoms with Crippen LogP contribution in [0.1, 0.15) is 0 Å². The maximum absolute atomic E-state index is 4.30. The molecule has 2 nitrogen and oxygen atoms in total. The average Bonchev–Trinajstić information content (AvgIpc) is 2.26. The zero-order chi connectivity index (χ0) is 10.3. The Balaban J connectivity index is 2.11. The highest BCUT2D eigenvalue weighted by atomic mass is 79.9. The van der Waals surface area contributed by atoms with Gasteiger partial charge in [-0.1, -0.05) is 27.7 Å². The molecule has 2 aromatic rings. The number of pyridine rings is 1. The van der Waals surface area contributed by atoms with Crippen molar-refractivity contribution in [3.05, 3.63) is 41.0 Å². The van der Waals surface area contributed by atoms with Crippen LogP contribution in [0.15, 0.2) is 50.8 Å². The Morgan fingerprint density at radius 2 is 2.13 bits per heavy atom. The van der Waals surface area contributed by atoms with Gasteiger partial charge in [0.25, 0.3) is 0 Å². The molecule has 0 saturated heterocycles. The number of aromatic nitrogens is 1. The highest BCUT2D eigenvalue weighted by Crippen LogP contribution is 2.43. The highest BCUT2D eigenvalue weighted by Gasteiger charge is 2.15. The lowest BCUT2D eigenvalue weighted by Gasteiger charge is -2.19. The van der Waals surface area contributed by atoms with Crippen molar-refractivity contribution in [2.75, 3.05) is 5.32 Å². The van der Waals surface area contributed by atoms with E-state index in [0.717, 1.165) is 16.0 Å². The topological polar surface area (TPSA) is 24.9 Å². The molecule has 0 unspecified atom stereocenters. The summed E-state index contributed by atoms with van der Waals surface area (Å²) >= 11 is 5.21. The Labute approximate surface area is 100 Å². The van der Waals surface area contributed by atoms with Crippen molar-refractivity contribution in [3.8, 4) is 0 Å². The van der Waals surface area contributed by atoms with E-state index in [9.17, 15) is 0 Å². The third kappa shape index (κ3) is 1.64. The second kappa shape index (κ2) is 3.54. The van der Waals surface area contributed by atoms with Crippen molar-refractivity contribution in [2.45, 2.75) is 9.79 Å². The Hall–Kier alpha value is -1.00. The Kier molecular flexibility index (Phi) is 2.18. The van der Waals surface area contributed by atoms with E-state index in [0.29, 0.717) is 0 Å². The number of fused-ring (bicyclic) bond motifs is 2. The van der Waals surface area contributed by atoms with E-state index in [1.807, 2.05) is 6.07 Å². The molecule has 74 valence electrons. The molecule has 3 rings (SSSR count). The number of benzene rings is 1. The lowest BCUT2D eigenvalue weighted by Crippen LogP contribution is -2.01. The van der Waals surface area contributed by atoms with Crippen LogP contribution in [0.3, 0.4) is 0 Å². The molecule has 1 N–H and O–H groups in total. The standard InChI is InChI=1S/C11H7BrN2S/c12-7-3-4-9-8(6-7)14-11-10(15-9)2-1-5-13-11/h1-6H,(H,13,14). The van der Waals surface area contributed by atoms with Crippen molar-refractivity contribution in [2.24, 2.45) is 0 Å². The molecule has 1 aromatic heterocycles. The normalized spacial score (nSPS) is 12.6. The van der Waals surface area contributed by atoms with Crippen molar-refractivity contribution >= 4 is 39.2 Å². The monoisotopic (exact) mass is 278 g/mol. The molecule has 0 amide bonds. The quantitative estimate of drug-likeness (QED) is 0.672. The van der Waals surface area contributed by atoms with E-state index in [2.05, 4.69) is 50.5 Å². The van der Waals surface area contributed by atoms with Crippen LogP contribution in [0, 0.1) is 0 Å². The zero-order valence-electron chi connectivity index (χ0n) is 7.70. The van der Waals surface area contributed by atoms with Crippen LogP contribution in [0.2, 0.25) is 0 Å². The van der Waals surface area contributed by atoms with E-state index < -0.39 is 0 Å². The number of hydrogen-bond acceptors (Lipinski definition) is 3. The minimum Gasteiger partial charge on any atom is -0.338 e. The first kappa shape index (κ1) is 9.24. The predicted molar refractivity (Wildman–Crippen MR) is 65.8 cm³/mol. The van der Waals surface area contributed by atoms with Gasteiger partial charge in [-0.3, -0.25) is 0 Å². The molecule has 0 spiro atoms. The number of anilines is 2. The summed E-state index contributed by atoms with van der Waals surface area (Å²) in [5.74, 6) is 0.938. The van der Waals surface area contributed by atoms with Crippen LogP contribution in [-0.4, -0.2) is 4.98 Å². The molecule has 0 fully saturated rings. The van der Waals surface area contributed by atoms with Gasteiger partial charge < -0.3 is 5.32 Å². The van der Waals surface area contributed by atoms with Gasteiger partial charge in [0.15, 0.2) is 0 Å². The van der Waals surface area contributed by atoms with Crippen molar-refractivity contribution < 1.29 is 0 Å². The average molecular weight is 279 g/mol. The first-order valence-electron chi connectivity index (χ1n) is 4.52. The molecule has 2 heterocycles. The first-order valence-corrected chi connectivity index (χ1v) is 6.13. The van der Waals surface area contributed by atoms with Gasteiger partial charge in [-0.05, 0) is 30.3 Å². The lowest BCUT2D eigenvalue weighted by molar-refractivity contribution is 1.19. The van der Waals surface area contributed by atoms with Gasteiger partial charge >= 0.3 is 0 Å². The van der Waals surface area contributed by atoms with Gasteiger partial charge in [0.05, 0.1) is 10.6 Å². The zero-order valence-corrected chi connectivity index (χ0v) is 10.1. The van der Waals surface area contributed by atoms with Gasteiger partial charge in [-0.25, -0.2) is 4.98 Å². The SMILES string of the molecule is Brc1ccc2c(c1)Nc1ncccc1S2. The molecule has 1 aliphatic rings. The van der Waals surface area contributed by atoms with Crippen LogP contribution < -0.4 is 5.32 Å². The fraction of sp³-hybridized carbons (Fsp3) is 0. The molecule has 0 atom stereocenters. The van der Waals surface area contributed by atoms with Crippen molar-refractivity contribution in [3.63, 3.8) is 0 Å². The van der Waals surface area contributed by atoms with Gasteiger partial charge in [-0.2, -0.15) is 0 Å². The third-order valence-electron chi connectivity index (χ3n) is 2.19. The summed E-state index contributed by atoms with van der Waals surface area (Å²) in [5.41, 5.74) is 1.11. The first-order chi connectivity index (χ1) is 7.33. The van der Waals surface area contributed by atoms with E-state index in [1.54, 1.807) is 18.0 Å². The second-order valence-electron chi connectivity index (χ2n) is 3.22. The fourth-order valence-electron chi connectivity index (χ4n) is 1.50. The molecule has 0 radical (unpaired) electrons. The molecule has 4 heteroatoms. The van der Waals surface area contributed by atoms with E-state index >= 15 is 0 Å². The van der Waals surface area contributed by atoms with Crippen molar-refractivity contribution in [1.29, 1.82) is 0 Å². The predicted octanol–water partition coefficient (Wildman–Crippen LogP) is 4.05. The maximum Gasteiger partial charge on any atom is 0.144 e. The Morgan fingerprint density at radius 1 is 1.20 bits per heavy atom. The Bertz CT molecular complexity index is 528. The molecule has 1 aliphatic heterocycles. The van der Waals surface area contributed by atoms with Gasteiger partial charge in [0.1, 0.15) is 5.82 Å². The minimum atomic E-state index is 0.938. The summed E-state index contributed by atoms with van der Waals surface area (Å²) in [7, 11) is 0. The summed E-state index contributed by atoms with van der Waals surface area (Å²) < 4.78 is 1.08. The molecule has 15 heavy (non-hydrogen) atoms. The maximum atomic E-state index is 4.30. The molecule has 0 saturated carbocycles. The third-order valence-corrected chi connectivity index (χ3v) is 3.80. The van der Waals surface area contributed by atoms with E-state index in [4.69, 9.17) is 0 Å². The molecule has 0 bridgehead atoms. The fourth-order valence-corrected chi connectivity index (χ4v) is 2.80. The highest BCUT2D eigenvalue weighted by molar-refractivity contribution is 9.10. The summed E-state index contributed by atoms with van der Waals surface area (Å²) in [6.07, 6.45) is 1.80. The van der Waals surface area contributed by atoms with E-state index in [-0.39, 0.29) is 0 Å². The molecule has 1 aromatic carbocycles. The summed E-state index contributed by atoms with van der Waals surface area (Å²) in [4.78, 5) is 6.71. The summed E-state index contributed by atoms with van der Waals surface area (Å²) in [6.45, 7) is 0. The smallest absolute Gasteiger partial charge is 0.144 e. The van der Waals surface area contributed by atoms with Crippen molar-refractivity contribution in [1.82, 2.24) is 4.98 Å². The molecular formula is C11H7BrN2S.